The molecule has 0 aromatic rings. The van der Waals surface area contributed by atoms with Gasteiger partial charge >= 0.3 is 0 Å². The van der Waals surface area contributed by atoms with Gasteiger partial charge in [0.2, 0.25) is 0 Å². The van der Waals surface area contributed by atoms with Crippen LogP contribution >= 0.6 is 0 Å². The van der Waals surface area contributed by atoms with E-state index in [4.69, 9.17) is 0 Å². The summed E-state index contributed by atoms with van der Waals surface area (Å²) in [6, 6.07) is 0. The molecule has 1 N–H and O–H groups in total. The minimum atomic E-state index is -0.924. The van der Waals surface area contributed by atoms with Gasteiger partial charge in [-0.1, -0.05) is 19.9 Å². The van der Waals surface area contributed by atoms with Gasteiger partial charge in [-0.3, -0.25) is 0 Å². The van der Waals surface area contributed by atoms with Crippen molar-refractivity contribution in [3.63, 3.8) is 0 Å². The first-order valence-corrected chi connectivity index (χ1v) is 4.77. The predicted octanol–water partition coefficient (Wildman–Crippen LogP) is 2.07. The van der Waals surface area contributed by atoms with Gasteiger partial charge in [-0.25, -0.2) is 0 Å². The van der Waals surface area contributed by atoms with Crippen LogP contribution in [0.4, 0.5) is 0 Å². The number of carbonyl (C=O) groups excluding carboxylic acids is 1. The molecule has 2 nitrogen and oxygen atoms in total. The van der Waals surface area contributed by atoms with E-state index >= 15 is 0 Å². The molecule has 1 atom stereocenters. The van der Waals surface area contributed by atoms with Crippen LogP contribution in [0.15, 0.2) is 11.6 Å². The predicted molar refractivity (Wildman–Crippen MR) is 52.4 cm³/mol. The number of hydrogen-bond acceptors (Lipinski definition) is 2. The van der Waals surface area contributed by atoms with Gasteiger partial charge in [0.05, 0.1) is 5.60 Å². The zero-order valence-corrected chi connectivity index (χ0v) is 8.63. The molecular weight excluding hydrogens is 164 g/mol. The monoisotopic (exact) mass is 182 g/mol. The van der Waals surface area contributed by atoms with E-state index in [0.717, 1.165) is 24.7 Å². The molecule has 0 aromatic heterocycles. The van der Waals surface area contributed by atoms with Crippen molar-refractivity contribution in [1.82, 2.24) is 0 Å². The molecule has 0 amide bonds. The SMILES string of the molecule is CC1=CCCC(C)(C)C1(O)CC=O. The van der Waals surface area contributed by atoms with Crippen molar-refractivity contribution in [1.29, 1.82) is 0 Å². The summed E-state index contributed by atoms with van der Waals surface area (Å²) in [5, 5.41) is 10.4. The van der Waals surface area contributed by atoms with Gasteiger partial charge in [0.25, 0.3) is 0 Å². The smallest absolute Gasteiger partial charge is 0.123 e. The topological polar surface area (TPSA) is 37.3 Å². The van der Waals surface area contributed by atoms with Gasteiger partial charge in [-0.15, -0.1) is 0 Å². The van der Waals surface area contributed by atoms with Crippen molar-refractivity contribution in [3.8, 4) is 0 Å². The second-order valence-electron chi connectivity index (χ2n) is 4.54. The Kier molecular flexibility index (Phi) is 2.62. The summed E-state index contributed by atoms with van der Waals surface area (Å²) >= 11 is 0. The number of aliphatic hydroxyl groups is 1. The average molecular weight is 182 g/mol. The van der Waals surface area contributed by atoms with E-state index in [2.05, 4.69) is 0 Å². The van der Waals surface area contributed by atoms with E-state index < -0.39 is 5.60 Å². The maximum Gasteiger partial charge on any atom is 0.123 e. The molecule has 74 valence electrons. The molecule has 0 aromatic carbocycles. The number of carbonyl (C=O) groups is 1. The van der Waals surface area contributed by atoms with Gasteiger partial charge in [-0.2, -0.15) is 0 Å². The van der Waals surface area contributed by atoms with E-state index in [0.29, 0.717) is 0 Å². The van der Waals surface area contributed by atoms with Crippen LogP contribution < -0.4 is 0 Å². The summed E-state index contributed by atoms with van der Waals surface area (Å²) < 4.78 is 0. The molecule has 13 heavy (non-hydrogen) atoms. The first-order chi connectivity index (χ1) is 5.94. The second-order valence-corrected chi connectivity index (χ2v) is 4.54. The Morgan fingerprint density at radius 1 is 1.62 bits per heavy atom. The highest BCUT2D eigenvalue weighted by molar-refractivity contribution is 5.54. The summed E-state index contributed by atoms with van der Waals surface area (Å²) in [7, 11) is 0. The molecule has 0 aliphatic heterocycles. The average Bonchev–Trinajstić information content (AvgIpc) is 2.01. The van der Waals surface area contributed by atoms with Crippen molar-refractivity contribution in [2.75, 3.05) is 0 Å². The zero-order valence-electron chi connectivity index (χ0n) is 8.63. The van der Waals surface area contributed by atoms with Crippen molar-refractivity contribution < 1.29 is 9.90 Å². The molecule has 0 heterocycles. The van der Waals surface area contributed by atoms with Crippen molar-refractivity contribution >= 4 is 6.29 Å². The van der Waals surface area contributed by atoms with E-state index in [9.17, 15) is 9.90 Å². The number of aldehydes is 1. The fourth-order valence-corrected chi connectivity index (χ4v) is 2.12. The van der Waals surface area contributed by atoms with E-state index in [1.54, 1.807) is 0 Å². The minimum Gasteiger partial charge on any atom is -0.385 e. The molecule has 1 unspecified atom stereocenters. The molecule has 1 aliphatic carbocycles. The van der Waals surface area contributed by atoms with Gasteiger partial charge in [0, 0.05) is 6.42 Å². The number of rotatable bonds is 2. The fraction of sp³-hybridized carbons (Fsp3) is 0.727. The molecule has 0 saturated carbocycles. The van der Waals surface area contributed by atoms with E-state index in [-0.39, 0.29) is 11.8 Å². The van der Waals surface area contributed by atoms with Crippen molar-refractivity contribution in [3.05, 3.63) is 11.6 Å². The fourth-order valence-electron chi connectivity index (χ4n) is 2.12. The van der Waals surface area contributed by atoms with Crippen molar-refractivity contribution in [2.45, 2.75) is 45.6 Å². The summed E-state index contributed by atoms with van der Waals surface area (Å²) in [4.78, 5) is 10.5. The molecule has 0 saturated heterocycles. The lowest BCUT2D eigenvalue weighted by atomic mass is 9.64. The lowest BCUT2D eigenvalue weighted by Crippen LogP contribution is -2.47. The Morgan fingerprint density at radius 2 is 2.23 bits per heavy atom. The Hall–Kier alpha value is -0.630. The van der Waals surface area contributed by atoms with Gasteiger partial charge in [0.1, 0.15) is 6.29 Å². The molecule has 0 spiro atoms. The minimum absolute atomic E-state index is 0.188. The summed E-state index contributed by atoms with van der Waals surface area (Å²) in [5.41, 5.74) is -0.171. The van der Waals surface area contributed by atoms with Crippen LogP contribution in [0.2, 0.25) is 0 Å². The first-order valence-electron chi connectivity index (χ1n) is 4.77. The number of allylic oxidation sites excluding steroid dienone is 1. The molecule has 0 radical (unpaired) electrons. The lowest BCUT2D eigenvalue weighted by molar-refractivity contribution is -0.117. The van der Waals surface area contributed by atoms with Gasteiger partial charge in [0.15, 0.2) is 0 Å². The third-order valence-electron chi connectivity index (χ3n) is 3.37. The number of hydrogen-bond donors (Lipinski definition) is 1. The molecular formula is C11H18O2. The normalized spacial score (nSPS) is 32.5. The quantitative estimate of drug-likeness (QED) is 0.524. The third-order valence-corrected chi connectivity index (χ3v) is 3.37. The van der Waals surface area contributed by atoms with Crippen LogP contribution in [0.5, 0.6) is 0 Å². The summed E-state index contributed by atoms with van der Waals surface area (Å²) in [5.74, 6) is 0. The van der Waals surface area contributed by atoms with Crippen LogP contribution in [-0.4, -0.2) is 17.0 Å². The standard InChI is InChI=1S/C11H18O2/c1-9-5-4-6-10(2,3)11(9,13)7-8-12/h5,8,13H,4,6-7H2,1-3H3. The highest BCUT2D eigenvalue weighted by atomic mass is 16.3. The second kappa shape index (κ2) is 3.26. The summed E-state index contributed by atoms with van der Waals surface area (Å²) in [6.07, 6.45) is 5.00. The Balaban J connectivity index is 3.05. The molecule has 1 rings (SSSR count). The third kappa shape index (κ3) is 1.55. The molecule has 1 aliphatic rings. The Morgan fingerprint density at radius 3 is 2.69 bits per heavy atom. The van der Waals surface area contributed by atoms with Crippen LogP contribution in [-0.2, 0) is 4.79 Å². The van der Waals surface area contributed by atoms with Crippen molar-refractivity contribution in [2.24, 2.45) is 5.41 Å². The lowest BCUT2D eigenvalue weighted by Gasteiger charge is -2.45. The highest BCUT2D eigenvalue weighted by Gasteiger charge is 2.45. The van der Waals surface area contributed by atoms with Crippen LogP contribution in [0.1, 0.15) is 40.0 Å². The van der Waals surface area contributed by atoms with Crippen LogP contribution in [0, 0.1) is 5.41 Å². The Labute approximate surface area is 79.6 Å². The van der Waals surface area contributed by atoms with Crippen LogP contribution in [0.25, 0.3) is 0 Å². The molecule has 0 fully saturated rings. The molecule has 2 heteroatoms. The highest BCUT2D eigenvalue weighted by Crippen LogP contribution is 2.45. The zero-order chi connectivity index (χ0) is 10.1. The van der Waals surface area contributed by atoms with E-state index in [1.807, 2.05) is 26.8 Å². The van der Waals surface area contributed by atoms with Gasteiger partial charge < -0.3 is 9.90 Å². The summed E-state index contributed by atoms with van der Waals surface area (Å²) in [6.45, 7) is 5.95. The largest absolute Gasteiger partial charge is 0.385 e. The first kappa shape index (κ1) is 10.5. The van der Waals surface area contributed by atoms with Crippen LogP contribution in [0.3, 0.4) is 0 Å². The maximum atomic E-state index is 10.5. The van der Waals surface area contributed by atoms with Gasteiger partial charge in [-0.05, 0) is 30.8 Å². The maximum absolute atomic E-state index is 10.5. The van der Waals surface area contributed by atoms with E-state index in [1.165, 1.54) is 0 Å². The molecule has 0 bridgehead atoms. The Bertz CT molecular complexity index is 240.